The van der Waals surface area contributed by atoms with Crippen LogP contribution in [-0.2, 0) is 22.6 Å². The van der Waals surface area contributed by atoms with Crippen LogP contribution in [0.3, 0.4) is 0 Å². The zero-order chi connectivity index (χ0) is 37.4. The van der Waals surface area contributed by atoms with Crippen molar-refractivity contribution in [3.8, 4) is 17.2 Å². The van der Waals surface area contributed by atoms with E-state index in [1.54, 1.807) is 25.0 Å². The second-order valence-corrected chi connectivity index (χ2v) is 13.2. The number of benzodiazepines with no additional fused rings is 1. The number of likely N-dealkylation sites (tertiary alicyclic amines) is 1. The van der Waals surface area contributed by atoms with E-state index >= 15 is 0 Å². The van der Waals surface area contributed by atoms with Crippen LogP contribution in [0.15, 0.2) is 89.9 Å². The molecule has 0 aliphatic carbocycles. The van der Waals surface area contributed by atoms with Gasteiger partial charge in [-0.1, -0.05) is 54.1 Å². The summed E-state index contributed by atoms with van der Waals surface area (Å²) in [4.78, 5) is 31.7. The average Bonchev–Trinajstić information content (AvgIpc) is 3.28. The Bertz CT molecular complexity index is 1990. The number of fused-ring (bicyclic) bond motifs is 1. The quantitative estimate of drug-likeness (QED) is 0.0814. The van der Waals surface area contributed by atoms with Gasteiger partial charge in [0.15, 0.2) is 11.5 Å². The number of phenolic OH excluding ortho intramolecular Hbond substituents is 2. The maximum atomic E-state index is 12.6. The molecule has 2 amide bonds. The maximum Gasteiger partial charge on any atom is 0.226 e. The molecule has 0 spiro atoms. The minimum Gasteiger partial charge on any atom is -0.504 e. The highest BCUT2D eigenvalue weighted by Crippen LogP contribution is 2.32. The largest absolute Gasteiger partial charge is 0.504 e. The SMILES string of the molecule is CC(=O)NCc1cccc(C2CCN(C(=O)Cc3ccc(O)c(O)c3)CC2)c1.COc1ccc2c(c1)C(c1ccc(Cl)cc1)=NCC(=N)N2C(C)=N. The highest BCUT2D eigenvalue weighted by molar-refractivity contribution is 6.31. The van der Waals surface area contributed by atoms with E-state index in [9.17, 15) is 19.8 Å². The minimum atomic E-state index is -0.205. The molecule has 1 saturated heterocycles. The molecule has 4 aromatic carbocycles. The topological polar surface area (TPSA) is 162 Å². The summed E-state index contributed by atoms with van der Waals surface area (Å²) in [6.07, 6.45) is 2.01. The van der Waals surface area contributed by atoms with E-state index < -0.39 is 0 Å². The van der Waals surface area contributed by atoms with Crippen LogP contribution >= 0.6 is 11.6 Å². The van der Waals surface area contributed by atoms with Gasteiger partial charge in [-0.05, 0) is 84.8 Å². The lowest BCUT2D eigenvalue weighted by Gasteiger charge is -2.32. The van der Waals surface area contributed by atoms with Gasteiger partial charge in [0.25, 0.3) is 0 Å². The third-order valence-electron chi connectivity index (χ3n) is 9.02. The maximum absolute atomic E-state index is 12.6. The predicted molar refractivity (Wildman–Crippen MR) is 205 cm³/mol. The normalized spacial score (nSPS) is 14.3. The van der Waals surface area contributed by atoms with Crippen LogP contribution < -0.4 is 15.0 Å². The minimum absolute atomic E-state index is 0.0305. The first-order valence-electron chi connectivity index (χ1n) is 17.0. The molecule has 0 radical (unpaired) electrons. The molecule has 1 fully saturated rings. The van der Waals surface area contributed by atoms with E-state index in [2.05, 4.69) is 22.4 Å². The number of hydrogen-bond acceptors (Lipinski definition) is 8. The first-order chi connectivity index (χ1) is 24.9. The van der Waals surface area contributed by atoms with Gasteiger partial charge in [-0.2, -0.15) is 0 Å². The molecular weight excluding hydrogens is 680 g/mol. The number of ether oxygens (including phenoxy) is 1. The highest BCUT2D eigenvalue weighted by Gasteiger charge is 2.26. The molecule has 0 bridgehead atoms. The molecule has 2 heterocycles. The Hall–Kier alpha value is -5.68. The van der Waals surface area contributed by atoms with Crippen molar-refractivity contribution >= 4 is 46.5 Å². The third-order valence-corrected chi connectivity index (χ3v) is 9.27. The Kier molecular flexibility index (Phi) is 12.3. The smallest absolute Gasteiger partial charge is 0.226 e. The number of amides is 2. The molecular formula is C40H43ClN6O5. The molecule has 270 valence electrons. The number of aromatic hydroxyl groups is 2. The molecule has 0 saturated carbocycles. The van der Waals surface area contributed by atoms with E-state index in [0.717, 1.165) is 40.9 Å². The second-order valence-electron chi connectivity index (χ2n) is 12.7. The first kappa shape index (κ1) is 37.6. The van der Waals surface area contributed by atoms with E-state index in [1.807, 2.05) is 59.5 Å². The van der Waals surface area contributed by atoms with Gasteiger partial charge in [0.2, 0.25) is 11.8 Å². The number of halogens is 1. The summed E-state index contributed by atoms with van der Waals surface area (Å²) >= 11 is 5.99. The number of rotatable bonds is 7. The van der Waals surface area contributed by atoms with Crippen molar-refractivity contribution in [3.63, 3.8) is 0 Å². The van der Waals surface area contributed by atoms with Gasteiger partial charge in [-0.15, -0.1) is 0 Å². The lowest BCUT2D eigenvalue weighted by molar-refractivity contribution is -0.131. The lowest BCUT2D eigenvalue weighted by Crippen LogP contribution is -2.38. The van der Waals surface area contributed by atoms with Gasteiger partial charge in [-0.3, -0.25) is 30.3 Å². The molecule has 0 aromatic heterocycles. The molecule has 6 rings (SSSR count). The molecule has 4 aromatic rings. The van der Waals surface area contributed by atoms with E-state index in [1.165, 1.54) is 24.6 Å². The van der Waals surface area contributed by atoms with Crippen LogP contribution in [0.1, 0.15) is 60.4 Å². The summed E-state index contributed by atoms with van der Waals surface area (Å²) in [5.41, 5.74) is 6.26. The number of amidine groups is 2. The fraction of sp³-hybridized carbons (Fsp3) is 0.275. The number of anilines is 1. The van der Waals surface area contributed by atoms with Crippen LogP contribution in [0.2, 0.25) is 5.02 Å². The van der Waals surface area contributed by atoms with Gasteiger partial charge in [0, 0.05) is 42.7 Å². The number of aliphatic imine (C=N–C) groups is 1. The number of nitrogens with zero attached hydrogens (tertiary/aromatic N) is 3. The summed E-state index contributed by atoms with van der Waals surface area (Å²) in [5, 5.41) is 38.7. The molecule has 12 heteroatoms. The van der Waals surface area contributed by atoms with Gasteiger partial charge >= 0.3 is 0 Å². The molecule has 2 aliphatic rings. The fourth-order valence-electron chi connectivity index (χ4n) is 6.33. The van der Waals surface area contributed by atoms with Crippen molar-refractivity contribution < 1.29 is 24.5 Å². The monoisotopic (exact) mass is 722 g/mol. The second kappa shape index (κ2) is 17.0. The molecule has 11 nitrogen and oxygen atoms in total. The number of benzene rings is 4. The van der Waals surface area contributed by atoms with Crippen molar-refractivity contribution in [1.29, 1.82) is 10.8 Å². The van der Waals surface area contributed by atoms with Crippen LogP contribution in [-0.4, -0.2) is 71.1 Å². The summed E-state index contributed by atoms with van der Waals surface area (Å²) in [7, 11) is 1.61. The number of carbonyl (C=O) groups excluding carboxylic acids is 2. The number of hydrogen-bond donors (Lipinski definition) is 5. The van der Waals surface area contributed by atoms with Crippen LogP contribution in [0, 0.1) is 10.8 Å². The molecule has 0 atom stereocenters. The molecule has 2 aliphatic heterocycles. The number of methoxy groups -OCH3 is 1. The van der Waals surface area contributed by atoms with Crippen molar-refractivity contribution in [1.82, 2.24) is 10.2 Å². The predicted octanol–water partition coefficient (Wildman–Crippen LogP) is 6.66. The Morgan fingerprint density at radius 2 is 1.67 bits per heavy atom. The van der Waals surface area contributed by atoms with E-state index in [0.29, 0.717) is 41.9 Å². The number of nitrogens with one attached hydrogen (secondary N) is 3. The van der Waals surface area contributed by atoms with Crippen molar-refractivity contribution in [2.24, 2.45) is 4.99 Å². The molecule has 0 unspecified atom stereocenters. The zero-order valence-corrected chi connectivity index (χ0v) is 30.2. The number of carbonyl (C=O) groups is 2. The van der Waals surface area contributed by atoms with E-state index in [-0.39, 0.29) is 48.0 Å². The Morgan fingerprint density at radius 3 is 2.33 bits per heavy atom. The molecule has 5 N–H and O–H groups in total. The van der Waals surface area contributed by atoms with Crippen LogP contribution in [0.25, 0.3) is 0 Å². The lowest BCUT2D eigenvalue weighted by atomic mass is 9.88. The Labute approximate surface area is 308 Å². The van der Waals surface area contributed by atoms with Crippen molar-refractivity contribution in [2.45, 2.75) is 45.6 Å². The van der Waals surface area contributed by atoms with Gasteiger partial charge < -0.3 is 25.2 Å². The summed E-state index contributed by atoms with van der Waals surface area (Å²) in [6, 6.07) is 25.8. The Balaban J connectivity index is 0.000000203. The third kappa shape index (κ3) is 9.35. The summed E-state index contributed by atoms with van der Waals surface area (Å²) in [6.45, 7) is 5.30. The summed E-state index contributed by atoms with van der Waals surface area (Å²) < 4.78 is 5.34. The van der Waals surface area contributed by atoms with Gasteiger partial charge in [0.1, 0.15) is 17.4 Å². The van der Waals surface area contributed by atoms with Crippen molar-refractivity contribution in [2.75, 3.05) is 31.6 Å². The van der Waals surface area contributed by atoms with Gasteiger partial charge in [0.05, 0.1) is 31.5 Å². The van der Waals surface area contributed by atoms with Crippen LogP contribution in [0.4, 0.5) is 5.69 Å². The number of phenols is 2. The summed E-state index contributed by atoms with van der Waals surface area (Å²) in [5.74, 6) is 1.24. The fourth-order valence-corrected chi connectivity index (χ4v) is 6.46. The average molecular weight is 723 g/mol. The molecule has 52 heavy (non-hydrogen) atoms. The Morgan fingerprint density at radius 1 is 0.942 bits per heavy atom. The van der Waals surface area contributed by atoms with Gasteiger partial charge in [-0.25, -0.2) is 0 Å². The first-order valence-corrected chi connectivity index (χ1v) is 17.3. The van der Waals surface area contributed by atoms with Crippen LogP contribution in [0.5, 0.6) is 17.2 Å². The van der Waals surface area contributed by atoms with Crippen molar-refractivity contribution in [3.05, 3.63) is 118 Å². The number of piperidine rings is 1. The highest BCUT2D eigenvalue weighted by atomic mass is 35.5. The zero-order valence-electron chi connectivity index (χ0n) is 29.4. The van der Waals surface area contributed by atoms with E-state index in [4.69, 9.17) is 27.2 Å². The standard InChI is InChI=1S/C22H26N2O4.C18H17ClN4O/c1-15(25)23-14-17-3-2-4-19(11-17)18-7-9-24(10-8-18)22(28)13-16-5-6-20(26)21(27)12-16;1-11(20)23-16-8-7-14(24-2)9-15(16)18(22-10-17(23)21)12-3-5-13(19)6-4-12/h2-6,11-12,18,26-27H,7-10,13-14H2,1H3,(H,23,25);3-9,20-21H,10H2,1-2H3.